The lowest BCUT2D eigenvalue weighted by Gasteiger charge is -2.30. The molecule has 4 amide bonds. The minimum atomic E-state index is -0.495. The van der Waals surface area contributed by atoms with E-state index in [4.69, 9.17) is 0 Å². The molecule has 2 aliphatic rings. The van der Waals surface area contributed by atoms with Crippen molar-refractivity contribution in [3.05, 3.63) is 35.2 Å². The normalized spacial score (nSPS) is 19.4. The number of nitrogens with zero attached hydrogens (tertiary/aromatic N) is 4. The van der Waals surface area contributed by atoms with E-state index in [0.717, 1.165) is 42.7 Å². The molecule has 0 bridgehead atoms. The highest BCUT2D eigenvalue weighted by Gasteiger charge is 2.28. The van der Waals surface area contributed by atoms with Gasteiger partial charge in [0.05, 0.1) is 11.4 Å². The number of piperidine rings is 1. The number of carbonyl (C=O) groups excluding carboxylic acids is 3. The Bertz CT molecular complexity index is 1040. The Hall–Kier alpha value is -2.88. The lowest BCUT2D eigenvalue weighted by molar-refractivity contribution is -0.129. The molecule has 0 spiro atoms. The van der Waals surface area contributed by atoms with Gasteiger partial charge in [-0.15, -0.1) is 10.2 Å². The molecule has 2 N–H and O–H groups in total. The Morgan fingerprint density at radius 3 is 2.67 bits per heavy atom. The molecule has 0 radical (unpaired) electrons. The summed E-state index contributed by atoms with van der Waals surface area (Å²) in [5.74, 6) is 1.40. The van der Waals surface area contributed by atoms with Gasteiger partial charge in [0, 0.05) is 32.0 Å². The largest absolute Gasteiger partial charge is 0.342 e. The van der Waals surface area contributed by atoms with E-state index >= 15 is 0 Å². The molecule has 33 heavy (non-hydrogen) atoms. The molecule has 2 fully saturated rings. The fourth-order valence-corrected chi connectivity index (χ4v) is 5.09. The number of urea groups is 1. The Morgan fingerprint density at radius 2 is 1.94 bits per heavy atom. The van der Waals surface area contributed by atoms with E-state index < -0.39 is 6.03 Å². The van der Waals surface area contributed by atoms with E-state index in [2.05, 4.69) is 33.8 Å². The van der Waals surface area contributed by atoms with E-state index in [1.54, 1.807) is 0 Å². The summed E-state index contributed by atoms with van der Waals surface area (Å²) in [6, 6.07) is 5.28. The molecule has 0 aliphatic carbocycles. The summed E-state index contributed by atoms with van der Waals surface area (Å²) in [4.78, 5) is 38.3. The first-order valence-electron chi connectivity index (χ1n) is 11.3. The van der Waals surface area contributed by atoms with Crippen molar-refractivity contribution in [1.29, 1.82) is 0 Å². The number of amides is 4. The van der Waals surface area contributed by atoms with Crippen molar-refractivity contribution in [2.45, 2.75) is 57.7 Å². The summed E-state index contributed by atoms with van der Waals surface area (Å²) in [5, 5.41) is 14.4. The molecule has 10 heteroatoms. The van der Waals surface area contributed by atoms with Crippen LogP contribution in [0.3, 0.4) is 0 Å². The third-order valence-corrected chi connectivity index (χ3v) is 7.13. The number of benzene rings is 1. The standard InChI is InChI=1S/C23H30N6O3S/c1-14-6-8-28(9-7-14)21(31)13-33-23-27-26-19(11-17-12-20(30)25-22(32)24-17)29(23)18-10-15(2)4-5-16(18)3/h4-5,10,14,17H,6-9,11-13H2,1-3H3,(H2,24,25,30,32). The minimum absolute atomic E-state index is 0.111. The Balaban J connectivity index is 1.57. The summed E-state index contributed by atoms with van der Waals surface area (Å²) < 4.78 is 1.96. The van der Waals surface area contributed by atoms with Crippen LogP contribution < -0.4 is 10.6 Å². The van der Waals surface area contributed by atoms with E-state index in [0.29, 0.717) is 29.1 Å². The number of hydrogen-bond donors (Lipinski definition) is 2. The molecule has 1 aromatic carbocycles. The minimum Gasteiger partial charge on any atom is -0.342 e. The van der Waals surface area contributed by atoms with Gasteiger partial charge in [0.15, 0.2) is 5.16 Å². The molecule has 1 unspecified atom stereocenters. The summed E-state index contributed by atoms with van der Waals surface area (Å²) >= 11 is 1.37. The lowest BCUT2D eigenvalue weighted by Crippen LogP contribution is -2.53. The first kappa shape index (κ1) is 23.3. The fraction of sp³-hybridized carbons (Fsp3) is 0.522. The van der Waals surface area contributed by atoms with Gasteiger partial charge >= 0.3 is 6.03 Å². The predicted molar refractivity (Wildman–Crippen MR) is 125 cm³/mol. The maximum Gasteiger partial charge on any atom is 0.321 e. The number of hydrogen-bond acceptors (Lipinski definition) is 6. The van der Waals surface area contributed by atoms with Crippen LogP contribution >= 0.6 is 11.8 Å². The van der Waals surface area contributed by atoms with Crippen molar-refractivity contribution in [2.24, 2.45) is 5.92 Å². The summed E-state index contributed by atoms with van der Waals surface area (Å²) in [6.45, 7) is 7.87. The van der Waals surface area contributed by atoms with Crippen LogP contribution in [0.2, 0.25) is 0 Å². The molecule has 2 saturated heterocycles. The average Bonchev–Trinajstić information content (AvgIpc) is 3.15. The van der Waals surface area contributed by atoms with Crippen molar-refractivity contribution >= 4 is 29.6 Å². The quantitative estimate of drug-likeness (QED) is 0.628. The summed E-state index contributed by atoms with van der Waals surface area (Å²) in [5.41, 5.74) is 3.07. The van der Waals surface area contributed by atoms with Crippen LogP contribution in [0.15, 0.2) is 23.4 Å². The molecule has 176 valence electrons. The molecule has 3 heterocycles. The lowest BCUT2D eigenvalue weighted by atomic mass is 9.99. The van der Waals surface area contributed by atoms with Gasteiger partial charge in [0.25, 0.3) is 0 Å². The zero-order valence-corrected chi connectivity index (χ0v) is 20.1. The number of nitrogens with one attached hydrogen (secondary N) is 2. The summed E-state index contributed by atoms with van der Waals surface area (Å²) in [7, 11) is 0. The first-order valence-corrected chi connectivity index (χ1v) is 12.3. The zero-order chi connectivity index (χ0) is 23.5. The van der Waals surface area contributed by atoms with Crippen molar-refractivity contribution in [1.82, 2.24) is 30.3 Å². The molecule has 2 aliphatic heterocycles. The van der Waals surface area contributed by atoms with E-state index in [9.17, 15) is 14.4 Å². The van der Waals surface area contributed by atoms with Crippen LogP contribution in [0.5, 0.6) is 0 Å². The number of aromatic nitrogens is 3. The number of carbonyl (C=O) groups is 3. The SMILES string of the molecule is Cc1ccc(C)c(-n2c(CC3CC(=O)NC(=O)N3)nnc2SCC(=O)N2CCC(C)CC2)c1. The topological polar surface area (TPSA) is 109 Å². The van der Waals surface area contributed by atoms with Gasteiger partial charge < -0.3 is 10.2 Å². The monoisotopic (exact) mass is 470 g/mol. The van der Waals surface area contributed by atoms with Gasteiger partial charge in [-0.05, 0) is 49.8 Å². The highest BCUT2D eigenvalue weighted by atomic mass is 32.2. The number of aryl methyl sites for hydroxylation is 2. The molecule has 1 atom stereocenters. The molecule has 1 aromatic heterocycles. The molecular formula is C23H30N6O3S. The zero-order valence-electron chi connectivity index (χ0n) is 19.3. The molecule has 4 rings (SSSR count). The van der Waals surface area contributed by atoms with E-state index in [-0.39, 0.29) is 24.3 Å². The van der Waals surface area contributed by atoms with E-state index in [1.165, 1.54) is 11.8 Å². The number of likely N-dealkylation sites (tertiary alicyclic amines) is 1. The maximum absolute atomic E-state index is 12.8. The molecular weight excluding hydrogens is 440 g/mol. The van der Waals surface area contributed by atoms with Crippen LogP contribution in [0, 0.1) is 19.8 Å². The Labute approximate surface area is 197 Å². The average molecular weight is 471 g/mol. The van der Waals surface area contributed by atoms with Crippen LogP contribution in [0.4, 0.5) is 4.79 Å². The number of imide groups is 1. The van der Waals surface area contributed by atoms with Crippen LogP contribution in [-0.2, 0) is 16.0 Å². The Kier molecular flexibility index (Phi) is 7.02. The van der Waals surface area contributed by atoms with Gasteiger partial charge in [-0.2, -0.15) is 0 Å². The highest BCUT2D eigenvalue weighted by Crippen LogP contribution is 2.27. The van der Waals surface area contributed by atoms with Crippen LogP contribution in [-0.4, -0.2) is 62.4 Å². The van der Waals surface area contributed by atoms with Gasteiger partial charge in [-0.3, -0.25) is 19.5 Å². The number of rotatable bonds is 6. The summed E-state index contributed by atoms with van der Waals surface area (Å²) in [6.07, 6.45) is 2.62. The molecule has 2 aromatic rings. The fourth-order valence-electron chi connectivity index (χ4n) is 4.22. The number of thioether (sulfide) groups is 1. The van der Waals surface area contributed by atoms with Gasteiger partial charge in [-0.1, -0.05) is 30.8 Å². The van der Waals surface area contributed by atoms with Gasteiger partial charge in [0.2, 0.25) is 11.8 Å². The first-order chi connectivity index (χ1) is 15.8. The third-order valence-electron chi connectivity index (χ3n) is 6.22. The van der Waals surface area contributed by atoms with Crippen molar-refractivity contribution in [3.63, 3.8) is 0 Å². The van der Waals surface area contributed by atoms with Gasteiger partial charge in [0.1, 0.15) is 5.82 Å². The van der Waals surface area contributed by atoms with Crippen LogP contribution in [0.25, 0.3) is 5.69 Å². The smallest absolute Gasteiger partial charge is 0.321 e. The second-order valence-corrected chi connectivity index (χ2v) is 9.95. The van der Waals surface area contributed by atoms with Crippen LogP contribution in [0.1, 0.15) is 43.1 Å². The van der Waals surface area contributed by atoms with Gasteiger partial charge in [-0.25, -0.2) is 4.79 Å². The van der Waals surface area contributed by atoms with E-state index in [1.807, 2.05) is 35.4 Å². The van der Waals surface area contributed by atoms with Crippen molar-refractivity contribution in [3.8, 4) is 5.69 Å². The maximum atomic E-state index is 12.8. The second kappa shape index (κ2) is 9.94. The molecule has 0 saturated carbocycles. The second-order valence-electron chi connectivity index (χ2n) is 9.00. The Morgan fingerprint density at radius 1 is 1.18 bits per heavy atom. The van der Waals surface area contributed by atoms with Crippen molar-refractivity contribution in [2.75, 3.05) is 18.8 Å². The third kappa shape index (κ3) is 5.55. The highest BCUT2D eigenvalue weighted by molar-refractivity contribution is 7.99. The predicted octanol–water partition coefficient (Wildman–Crippen LogP) is 2.38. The van der Waals surface area contributed by atoms with Crippen molar-refractivity contribution < 1.29 is 14.4 Å². The molecule has 9 nitrogen and oxygen atoms in total.